The fraction of sp³-hybridized carbons (Fsp3) is 0.346. The molecule has 0 radical (unpaired) electrons. The van der Waals surface area contributed by atoms with Crippen LogP contribution in [0, 0.1) is 0 Å². The van der Waals surface area contributed by atoms with Crippen LogP contribution in [0.2, 0.25) is 0 Å². The number of carbonyl (C=O) groups excluding carboxylic acids is 3. The number of esters is 1. The monoisotopic (exact) mass is 480 g/mol. The zero-order chi connectivity index (χ0) is 24.9. The van der Waals surface area contributed by atoms with E-state index in [0.717, 1.165) is 13.1 Å². The Balaban J connectivity index is 1.73. The van der Waals surface area contributed by atoms with Gasteiger partial charge in [-0.25, -0.2) is 4.79 Å². The van der Waals surface area contributed by atoms with Crippen LogP contribution in [-0.4, -0.2) is 86.2 Å². The van der Waals surface area contributed by atoms with Crippen LogP contribution < -0.4 is 4.74 Å². The third-order valence-electron chi connectivity index (χ3n) is 6.31. The van der Waals surface area contributed by atoms with Crippen LogP contribution in [0.5, 0.6) is 5.75 Å². The van der Waals surface area contributed by atoms with Gasteiger partial charge in [-0.15, -0.1) is 0 Å². The Morgan fingerprint density at radius 2 is 1.60 bits per heavy atom. The van der Waals surface area contributed by atoms with E-state index in [9.17, 15) is 19.5 Å². The molecule has 2 aliphatic rings. The lowest BCUT2D eigenvalue weighted by Crippen LogP contribution is -2.42. The Labute approximate surface area is 203 Å². The number of ketones is 1. The van der Waals surface area contributed by atoms with E-state index in [0.29, 0.717) is 48.7 Å². The van der Waals surface area contributed by atoms with Crippen molar-refractivity contribution in [2.75, 3.05) is 53.6 Å². The molecule has 9 nitrogen and oxygen atoms in total. The van der Waals surface area contributed by atoms with Crippen molar-refractivity contribution in [3.05, 3.63) is 70.8 Å². The average molecular weight is 481 g/mol. The molecule has 2 aromatic carbocycles. The first-order valence-corrected chi connectivity index (χ1v) is 11.4. The molecule has 0 aliphatic carbocycles. The van der Waals surface area contributed by atoms with Crippen LogP contribution in [0.4, 0.5) is 0 Å². The maximum absolute atomic E-state index is 13.2. The average Bonchev–Trinajstić information content (AvgIpc) is 3.16. The summed E-state index contributed by atoms with van der Waals surface area (Å²) < 4.78 is 15.3. The standard InChI is InChI=1S/C26H28N2O7/c1-33-20-9-7-18(8-10-20)23(29)21-22(17-3-5-19(6-4-17)26(32)34-2)28(25(31)24(21)30)12-11-27-13-15-35-16-14-27/h3-10,22,29H,11-16H2,1-2H3/b23-21+. The third kappa shape index (κ3) is 5.06. The molecule has 1 unspecified atom stereocenters. The van der Waals surface area contributed by atoms with Gasteiger partial charge in [0.05, 0.1) is 44.6 Å². The highest BCUT2D eigenvalue weighted by Gasteiger charge is 2.46. The SMILES string of the molecule is COC(=O)c1ccc(C2/C(=C(\O)c3ccc(OC)cc3)C(=O)C(=O)N2CCN2CCOCC2)cc1. The summed E-state index contributed by atoms with van der Waals surface area (Å²) >= 11 is 0. The van der Waals surface area contributed by atoms with E-state index in [1.807, 2.05) is 0 Å². The van der Waals surface area contributed by atoms with E-state index in [-0.39, 0.29) is 11.3 Å². The Hall–Kier alpha value is -3.69. The predicted octanol–water partition coefficient (Wildman–Crippen LogP) is 2.24. The smallest absolute Gasteiger partial charge is 0.337 e. The lowest BCUT2D eigenvalue weighted by molar-refractivity contribution is -0.140. The molecule has 2 fully saturated rings. The molecule has 2 heterocycles. The minimum absolute atomic E-state index is 0.00737. The topological polar surface area (TPSA) is 106 Å². The van der Waals surface area contributed by atoms with Crippen molar-refractivity contribution in [2.24, 2.45) is 0 Å². The molecule has 2 saturated heterocycles. The molecule has 4 rings (SSSR count). The van der Waals surface area contributed by atoms with Gasteiger partial charge in [-0.3, -0.25) is 14.5 Å². The second kappa shape index (κ2) is 10.7. The van der Waals surface area contributed by atoms with Crippen LogP contribution in [-0.2, 0) is 19.1 Å². The number of hydrogen-bond acceptors (Lipinski definition) is 8. The number of amides is 1. The third-order valence-corrected chi connectivity index (χ3v) is 6.31. The Morgan fingerprint density at radius 3 is 2.20 bits per heavy atom. The molecule has 2 aliphatic heterocycles. The normalized spacial score (nSPS) is 20.2. The highest BCUT2D eigenvalue weighted by Crippen LogP contribution is 2.39. The van der Waals surface area contributed by atoms with Crippen molar-refractivity contribution in [1.29, 1.82) is 0 Å². The number of carbonyl (C=O) groups is 3. The Bertz CT molecular complexity index is 1120. The van der Waals surface area contributed by atoms with E-state index >= 15 is 0 Å². The van der Waals surface area contributed by atoms with Crippen LogP contribution in [0.15, 0.2) is 54.1 Å². The van der Waals surface area contributed by atoms with Gasteiger partial charge < -0.3 is 24.2 Å². The Morgan fingerprint density at radius 1 is 0.971 bits per heavy atom. The number of Topliss-reactive ketones (excluding diaryl/α,β-unsaturated/α-hetero) is 1. The molecular formula is C26H28N2O7. The minimum Gasteiger partial charge on any atom is -0.507 e. The molecule has 9 heteroatoms. The van der Waals surface area contributed by atoms with Gasteiger partial charge in [0.15, 0.2) is 0 Å². The van der Waals surface area contributed by atoms with Gasteiger partial charge in [0.1, 0.15) is 11.5 Å². The lowest BCUT2D eigenvalue weighted by atomic mass is 9.94. The molecular weight excluding hydrogens is 452 g/mol. The summed E-state index contributed by atoms with van der Waals surface area (Å²) in [6.45, 7) is 3.59. The van der Waals surface area contributed by atoms with Crippen molar-refractivity contribution in [3.8, 4) is 5.75 Å². The number of likely N-dealkylation sites (tertiary alicyclic amines) is 1. The molecule has 1 N–H and O–H groups in total. The number of aliphatic hydroxyl groups is 1. The summed E-state index contributed by atoms with van der Waals surface area (Å²) in [6.07, 6.45) is 0. The van der Waals surface area contributed by atoms with Crippen molar-refractivity contribution in [3.63, 3.8) is 0 Å². The quantitative estimate of drug-likeness (QED) is 0.278. The number of aliphatic hydroxyl groups excluding tert-OH is 1. The number of nitrogens with zero attached hydrogens (tertiary/aromatic N) is 2. The molecule has 1 amide bonds. The van der Waals surface area contributed by atoms with Crippen LogP contribution in [0.25, 0.3) is 5.76 Å². The highest BCUT2D eigenvalue weighted by atomic mass is 16.5. The molecule has 0 spiro atoms. The van der Waals surface area contributed by atoms with E-state index in [1.165, 1.54) is 19.1 Å². The van der Waals surface area contributed by atoms with Crippen molar-refractivity contribution in [2.45, 2.75) is 6.04 Å². The molecule has 0 saturated carbocycles. The predicted molar refractivity (Wildman–Crippen MR) is 127 cm³/mol. The zero-order valence-corrected chi connectivity index (χ0v) is 19.7. The second-order valence-electron chi connectivity index (χ2n) is 8.29. The van der Waals surface area contributed by atoms with E-state index in [1.54, 1.807) is 48.5 Å². The lowest BCUT2D eigenvalue weighted by Gasteiger charge is -2.31. The van der Waals surface area contributed by atoms with E-state index in [2.05, 4.69) is 4.90 Å². The number of benzene rings is 2. The van der Waals surface area contributed by atoms with Gasteiger partial charge in [0.2, 0.25) is 0 Å². The summed E-state index contributed by atoms with van der Waals surface area (Å²) in [7, 11) is 2.83. The molecule has 1 atom stereocenters. The fourth-order valence-corrected chi connectivity index (χ4v) is 4.35. The number of ether oxygens (including phenoxy) is 3. The maximum atomic E-state index is 13.2. The highest BCUT2D eigenvalue weighted by molar-refractivity contribution is 6.46. The van der Waals surface area contributed by atoms with E-state index < -0.39 is 23.7 Å². The maximum Gasteiger partial charge on any atom is 0.337 e. The van der Waals surface area contributed by atoms with Crippen LogP contribution in [0.1, 0.15) is 27.5 Å². The first kappa shape index (κ1) is 24.4. The van der Waals surface area contributed by atoms with E-state index in [4.69, 9.17) is 14.2 Å². The largest absolute Gasteiger partial charge is 0.507 e. The summed E-state index contributed by atoms with van der Waals surface area (Å²) in [5.41, 5.74) is 1.35. The molecule has 2 aromatic rings. The van der Waals surface area contributed by atoms with Crippen LogP contribution in [0.3, 0.4) is 0 Å². The fourth-order valence-electron chi connectivity index (χ4n) is 4.35. The molecule has 0 bridgehead atoms. The van der Waals surface area contributed by atoms with Crippen molar-refractivity contribution < 1.29 is 33.7 Å². The number of rotatable bonds is 7. The van der Waals surface area contributed by atoms with Gasteiger partial charge in [0, 0.05) is 31.7 Å². The number of morpholine rings is 1. The number of methoxy groups -OCH3 is 2. The van der Waals surface area contributed by atoms with Gasteiger partial charge >= 0.3 is 5.97 Å². The molecule has 35 heavy (non-hydrogen) atoms. The summed E-state index contributed by atoms with van der Waals surface area (Å²) in [5.74, 6) is -1.57. The van der Waals surface area contributed by atoms with Gasteiger partial charge in [-0.1, -0.05) is 12.1 Å². The van der Waals surface area contributed by atoms with Crippen molar-refractivity contribution in [1.82, 2.24) is 9.80 Å². The zero-order valence-electron chi connectivity index (χ0n) is 19.7. The first-order valence-electron chi connectivity index (χ1n) is 11.4. The minimum atomic E-state index is -0.801. The van der Waals surface area contributed by atoms with Gasteiger partial charge in [-0.2, -0.15) is 0 Å². The van der Waals surface area contributed by atoms with Crippen molar-refractivity contribution >= 4 is 23.4 Å². The first-order chi connectivity index (χ1) is 16.9. The molecule has 0 aromatic heterocycles. The van der Waals surface area contributed by atoms with Gasteiger partial charge in [-0.05, 0) is 42.0 Å². The Kier molecular flexibility index (Phi) is 7.48. The van der Waals surface area contributed by atoms with Crippen LogP contribution >= 0.6 is 0 Å². The summed E-state index contributed by atoms with van der Waals surface area (Å²) in [4.78, 5) is 41.8. The second-order valence-corrected chi connectivity index (χ2v) is 8.29. The summed E-state index contributed by atoms with van der Waals surface area (Å²) in [5, 5.41) is 11.2. The summed E-state index contributed by atoms with van der Waals surface area (Å²) in [6, 6.07) is 12.3. The van der Waals surface area contributed by atoms with Gasteiger partial charge in [0.25, 0.3) is 11.7 Å². The number of hydrogen-bond donors (Lipinski definition) is 1. The molecule has 184 valence electrons.